The number of carbonyl (C=O) groups excluding carboxylic acids is 1. The molecular formula is C17H19N3O4S. The molecule has 2 N–H and O–H groups in total. The molecule has 3 rings (SSSR count). The summed E-state index contributed by atoms with van der Waals surface area (Å²) in [5, 5.41) is 5.33. The Bertz CT molecular complexity index is 834. The van der Waals surface area contributed by atoms with Gasteiger partial charge in [-0.15, -0.1) is 0 Å². The molecule has 0 spiro atoms. The summed E-state index contributed by atoms with van der Waals surface area (Å²) in [6, 6.07) is 14.8. The van der Waals surface area contributed by atoms with Crippen molar-refractivity contribution >= 4 is 27.4 Å². The Kier molecular flexibility index (Phi) is 5.32. The number of nitrogens with zero attached hydrogens (tertiary/aromatic N) is 1. The predicted octanol–water partition coefficient (Wildman–Crippen LogP) is 2.35. The molecule has 1 fully saturated rings. The first kappa shape index (κ1) is 17.4. The van der Waals surface area contributed by atoms with E-state index in [4.69, 9.17) is 4.74 Å². The molecule has 8 heteroatoms. The summed E-state index contributed by atoms with van der Waals surface area (Å²) in [7, 11) is -3.60. The molecule has 1 saturated heterocycles. The van der Waals surface area contributed by atoms with Crippen molar-refractivity contribution in [1.29, 1.82) is 0 Å². The molecular weight excluding hydrogens is 342 g/mol. The maximum Gasteiger partial charge on any atom is 0.323 e. The standard InChI is InChI=1S/C17H19N3O4S/c21-17(18-14-5-2-1-3-6-14)19-15-7-4-8-16(13-15)25(22,23)20-9-11-24-12-10-20/h1-8,13H,9-12H2,(H2,18,19,21). The molecule has 0 unspecified atom stereocenters. The minimum Gasteiger partial charge on any atom is -0.379 e. The van der Waals surface area contributed by atoms with Crippen molar-refractivity contribution < 1.29 is 17.9 Å². The summed E-state index contributed by atoms with van der Waals surface area (Å²) in [6.07, 6.45) is 0. The molecule has 0 saturated carbocycles. The van der Waals surface area contributed by atoms with Crippen LogP contribution in [-0.2, 0) is 14.8 Å². The van der Waals surface area contributed by atoms with Gasteiger partial charge in [0.15, 0.2) is 0 Å². The normalized spacial score (nSPS) is 15.5. The van der Waals surface area contributed by atoms with Crippen molar-refractivity contribution in [3.05, 3.63) is 54.6 Å². The van der Waals surface area contributed by atoms with E-state index in [0.29, 0.717) is 37.7 Å². The van der Waals surface area contributed by atoms with E-state index < -0.39 is 16.1 Å². The first-order valence-electron chi connectivity index (χ1n) is 7.87. The van der Waals surface area contributed by atoms with Crippen molar-refractivity contribution in [1.82, 2.24) is 4.31 Å². The molecule has 0 aromatic heterocycles. The van der Waals surface area contributed by atoms with Crippen molar-refractivity contribution in [3.8, 4) is 0 Å². The molecule has 1 aliphatic rings. The maximum absolute atomic E-state index is 12.7. The molecule has 1 heterocycles. The van der Waals surface area contributed by atoms with Crippen LogP contribution >= 0.6 is 0 Å². The molecule has 0 bridgehead atoms. The number of hydrogen-bond acceptors (Lipinski definition) is 4. The van der Waals surface area contributed by atoms with E-state index in [2.05, 4.69) is 10.6 Å². The molecule has 25 heavy (non-hydrogen) atoms. The third kappa shape index (κ3) is 4.36. The zero-order chi connectivity index (χ0) is 17.7. The van der Waals surface area contributed by atoms with E-state index in [1.807, 2.05) is 18.2 Å². The lowest BCUT2D eigenvalue weighted by Crippen LogP contribution is -2.40. The number of anilines is 2. The van der Waals surface area contributed by atoms with Crippen molar-refractivity contribution in [3.63, 3.8) is 0 Å². The molecule has 7 nitrogen and oxygen atoms in total. The Balaban J connectivity index is 1.71. The van der Waals surface area contributed by atoms with Crippen LogP contribution < -0.4 is 10.6 Å². The number of carbonyl (C=O) groups is 1. The number of benzene rings is 2. The molecule has 0 radical (unpaired) electrons. The van der Waals surface area contributed by atoms with Crippen LogP contribution in [0.25, 0.3) is 0 Å². The van der Waals surface area contributed by atoms with Crippen molar-refractivity contribution in [2.45, 2.75) is 4.90 Å². The topological polar surface area (TPSA) is 87.7 Å². The van der Waals surface area contributed by atoms with E-state index in [1.54, 1.807) is 24.3 Å². The zero-order valence-corrected chi connectivity index (χ0v) is 14.3. The van der Waals surface area contributed by atoms with E-state index >= 15 is 0 Å². The number of nitrogens with one attached hydrogen (secondary N) is 2. The maximum atomic E-state index is 12.7. The first-order chi connectivity index (χ1) is 12.1. The van der Waals surface area contributed by atoms with Gasteiger partial charge in [-0.25, -0.2) is 13.2 Å². The minimum atomic E-state index is -3.60. The highest BCUT2D eigenvalue weighted by Gasteiger charge is 2.26. The van der Waals surface area contributed by atoms with Gasteiger partial charge in [0.25, 0.3) is 0 Å². The molecule has 2 aromatic rings. The average Bonchev–Trinajstić information content (AvgIpc) is 2.63. The Labute approximate surface area is 146 Å². The van der Waals surface area contributed by atoms with Gasteiger partial charge in [-0.3, -0.25) is 0 Å². The number of urea groups is 1. The van der Waals surface area contributed by atoms with E-state index in [0.717, 1.165) is 0 Å². The number of amides is 2. The summed E-state index contributed by atoms with van der Waals surface area (Å²) < 4.78 is 31.9. The fraction of sp³-hybridized carbons (Fsp3) is 0.235. The number of morpholine rings is 1. The van der Waals surface area contributed by atoms with E-state index in [9.17, 15) is 13.2 Å². The van der Waals surface area contributed by atoms with Crippen molar-refractivity contribution in [2.24, 2.45) is 0 Å². The Hall–Kier alpha value is -2.42. The Morgan fingerprint density at radius 1 is 0.920 bits per heavy atom. The van der Waals surface area contributed by atoms with Gasteiger partial charge in [0.1, 0.15) is 0 Å². The largest absolute Gasteiger partial charge is 0.379 e. The summed E-state index contributed by atoms with van der Waals surface area (Å²) >= 11 is 0. The lowest BCUT2D eigenvalue weighted by atomic mass is 10.3. The number of ether oxygens (including phenoxy) is 1. The minimum absolute atomic E-state index is 0.145. The molecule has 2 aromatic carbocycles. The van der Waals surface area contributed by atoms with Crippen LogP contribution in [0.3, 0.4) is 0 Å². The molecule has 0 atom stereocenters. The van der Waals surface area contributed by atoms with Crippen molar-refractivity contribution in [2.75, 3.05) is 36.9 Å². The highest BCUT2D eigenvalue weighted by atomic mass is 32.2. The third-order valence-electron chi connectivity index (χ3n) is 3.73. The second kappa shape index (κ2) is 7.64. The van der Waals surface area contributed by atoms with Crippen LogP contribution in [0.1, 0.15) is 0 Å². The molecule has 0 aliphatic carbocycles. The van der Waals surface area contributed by atoms with Gasteiger partial charge in [-0.05, 0) is 30.3 Å². The average molecular weight is 361 g/mol. The Morgan fingerprint density at radius 3 is 2.28 bits per heavy atom. The number of rotatable bonds is 4. The Morgan fingerprint density at radius 2 is 1.56 bits per heavy atom. The van der Waals surface area contributed by atoms with Crippen LogP contribution in [0.4, 0.5) is 16.2 Å². The van der Waals surface area contributed by atoms with E-state index in [1.165, 1.54) is 16.4 Å². The van der Waals surface area contributed by atoms with Crippen LogP contribution in [0.5, 0.6) is 0 Å². The number of para-hydroxylation sites is 1. The van der Waals surface area contributed by atoms with Gasteiger partial charge in [0.2, 0.25) is 10.0 Å². The monoisotopic (exact) mass is 361 g/mol. The first-order valence-corrected chi connectivity index (χ1v) is 9.31. The van der Waals surface area contributed by atoms with E-state index in [-0.39, 0.29) is 4.90 Å². The van der Waals surface area contributed by atoms with Gasteiger partial charge in [-0.1, -0.05) is 24.3 Å². The third-order valence-corrected chi connectivity index (χ3v) is 5.63. The molecule has 1 aliphatic heterocycles. The summed E-state index contributed by atoms with van der Waals surface area (Å²) in [5.74, 6) is 0. The van der Waals surface area contributed by atoms with Crippen LogP contribution in [0.2, 0.25) is 0 Å². The van der Waals surface area contributed by atoms with Crippen LogP contribution in [0, 0.1) is 0 Å². The quantitative estimate of drug-likeness (QED) is 0.875. The second-order valence-electron chi connectivity index (χ2n) is 5.49. The summed E-state index contributed by atoms with van der Waals surface area (Å²) in [6.45, 7) is 1.43. The van der Waals surface area contributed by atoms with Gasteiger partial charge < -0.3 is 15.4 Å². The lowest BCUT2D eigenvalue weighted by molar-refractivity contribution is 0.0730. The predicted molar refractivity (Wildman–Crippen MR) is 95.1 cm³/mol. The molecule has 132 valence electrons. The zero-order valence-electron chi connectivity index (χ0n) is 13.5. The smallest absolute Gasteiger partial charge is 0.323 e. The fourth-order valence-corrected chi connectivity index (χ4v) is 3.94. The molecule has 2 amide bonds. The van der Waals surface area contributed by atoms with Crippen LogP contribution in [0.15, 0.2) is 59.5 Å². The number of hydrogen-bond donors (Lipinski definition) is 2. The van der Waals surface area contributed by atoms with Gasteiger partial charge in [0.05, 0.1) is 18.1 Å². The summed E-state index contributed by atoms with van der Waals surface area (Å²) in [4.78, 5) is 12.2. The SMILES string of the molecule is O=C(Nc1ccccc1)Nc1cccc(S(=O)(=O)N2CCOCC2)c1. The highest BCUT2D eigenvalue weighted by molar-refractivity contribution is 7.89. The second-order valence-corrected chi connectivity index (χ2v) is 7.43. The van der Waals surface area contributed by atoms with Gasteiger partial charge in [-0.2, -0.15) is 4.31 Å². The highest BCUT2D eigenvalue weighted by Crippen LogP contribution is 2.20. The fourth-order valence-electron chi connectivity index (χ4n) is 2.49. The summed E-state index contributed by atoms with van der Waals surface area (Å²) in [5.41, 5.74) is 1.06. The van der Waals surface area contributed by atoms with Crippen LogP contribution in [-0.4, -0.2) is 45.1 Å². The van der Waals surface area contributed by atoms with Gasteiger partial charge in [0, 0.05) is 24.5 Å². The van der Waals surface area contributed by atoms with Gasteiger partial charge >= 0.3 is 6.03 Å². The number of sulfonamides is 1. The lowest BCUT2D eigenvalue weighted by Gasteiger charge is -2.26.